The number of aromatic nitrogens is 3. The van der Waals surface area contributed by atoms with Gasteiger partial charge in [-0.25, -0.2) is 8.78 Å². The van der Waals surface area contributed by atoms with Crippen molar-refractivity contribution in [2.45, 2.75) is 81.5 Å². The zero-order chi connectivity index (χ0) is 31.4. The number of fused-ring (bicyclic) bond motifs is 1. The molecule has 3 aromatic rings. The molecule has 3 saturated heterocycles. The summed E-state index contributed by atoms with van der Waals surface area (Å²) in [6.07, 6.45) is 7.12. The van der Waals surface area contributed by atoms with Gasteiger partial charge < -0.3 is 24.6 Å². The molecule has 1 spiro atoms. The summed E-state index contributed by atoms with van der Waals surface area (Å²) in [5.41, 5.74) is 1.31. The molecule has 1 aromatic carbocycles. The van der Waals surface area contributed by atoms with Gasteiger partial charge in [-0.05, 0) is 98.9 Å². The van der Waals surface area contributed by atoms with Gasteiger partial charge in [-0.1, -0.05) is 0 Å². The first-order valence-corrected chi connectivity index (χ1v) is 16.9. The van der Waals surface area contributed by atoms with E-state index in [-0.39, 0.29) is 46.8 Å². The molecule has 46 heavy (non-hydrogen) atoms. The largest absolute Gasteiger partial charge is 0.508 e. The van der Waals surface area contributed by atoms with E-state index in [1.807, 2.05) is 6.92 Å². The molecule has 8 heterocycles. The fourth-order valence-electron chi connectivity index (χ4n) is 9.94. The van der Waals surface area contributed by atoms with Crippen molar-refractivity contribution < 1.29 is 28.5 Å². The molecule has 6 aliphatic heterocycles. The number of aliphatic hydroxyl groups is 1. The van der Waals surface area contributed by atoms with E-state index in [1.165, 1.54) is 0 Å². The second kappa shape index (κ2) is 10.2. The Labute approximate surface area is 266 Å². The van der Waals surface area contributed by atoms with Crippen LogP contribution in [0.3, 0.4) is 0 Å². The predicted octanol–water partition coefficient (Wildman–Crippen LogP) is 5.05. The van der Waals surface area contributed by atoms with Crippen molar-refractivity contribution in [2.75, 3.05) is 50.9 Å². The minimum atomic E-state index is -0.888. The van der Waals surface area contributed by atoms with Gasteiger partial charge in [-0.15, -0.1) is 0 Å². The van der Waals surface area contributed by atoms with Gasteiger partial charge in [0.05, 0.1) is 29.7 Å². The molecule has 2 saturated carbocycles. The molecule has 11 heteroatoms. The zero-order valence-corrected chi connectivity index (χ0v) is 26.3. The number of nitrogens with zero attached hydrogens (tertiary/aromatic N) is 5. The number of alkyl halides is 1. The standard InChI is InChI=1S/C35H41F2N5O4/c1-20-8-23(43)10-25-27(20)24-9-21(24)14-45-19-35(44)15-33(16-35)4-2-6-41(17-33)31-26-12-38-29(25)28(37)30(26)39-32(40-31)46-18-34-5-3-7-42(34)13-22(36)11-34/h8,10,12,21-22,24,43-44H,2-7,9,11,13-19H2,1H3/t21-,22+,24-,33?,34-,35?/m0/s1. The first-order valence-electron chi connectivity index (χ1n) is 16.9. The third-order valence-corrected chi connectivity index (χ3v) is 11.9. The molecular formula is C35H41F2N5O4. The van der Waals surface area contributed by atoms with Gasteiger partial charge in [0.1, 0.15) is 35.6 Å². The summed E-state index contributed by atoms with van der Waals surface area (Å²) in [4.78, 5) is 18.6. The quantitative estimate of drug-likeness (QED) is 0.411. The Bertz CT molecular complexity index is 1730. The first kappa shape index (κ1) is 29.0. The fourth-order valence-corrected chi connectivity index (χ4v) is 9.94. The van der Waals surface area contributed by atoms with E-state index in [0.29, 0.717) is 62.3 Å². The highest BCUT2D eigenvalue weighted by Crippen LogP contribution is 2.56. The van der Waals surface area contributed by atoms with Gasteiger partial charge in [-0.3, -0.25) is 9.88 Å². The van der Waals surface area contributed by atoms with Crippen LogP contribution in [0.2, 0.25) is 0 Å². The first-order chi connectivity index (χ1) is 22.1. The molecule has 244 valence electrons. The van der Waals surface area contributed by atoms with Crippen LogP contribution in [0.5, 0.6) is 11.8 Å². The lowest BCUT2D eigenvalue weighted by Gasteiger charge is -2.57. The van der Waals surface area contributed by atoms with Crippen LogP contribution in [-0.4, -0.2) is 93.4 Å². The molecule has 11 rings (SSSR count). The average Bonchev–Trinajstić information content (AvgIpc) is 3.53. The summed E-state index contributed by atoms with van der Waals surface area (Å²) < 4.78 is 43.9. The van der Waals surface area contributed by atoms with Crippen LogP contribution < -0.4 is 9.64 Å². The van der Waals surface area contributed by atoms with Gasteiger partial charge >= 0.3 is 6.01 Å². The normalized spacial score (nSPS) is 35.0. The Morgan fingerprint density at radius 1 is 1.15 bits per heavy atom. The average molecular weight is 634 g/mol. The monoisotopic (exact) mass is 633 g/mol. The molecule has 2 N–H and O–H groups in total. The summed E-state index contributed by atoms with van der Waals surface area (Å²) in [5, 5.41) is 22.5. The van der Waals surface area contributed by atoms with Gasteiger partial charge in [0.2, 0.25) is 0 Å². The maximum absolute atomic E-state index is 16.9. The third-order valence-electron chi connectivity index (χ3n) is 11.9. The molecule has 5 fully saturated rings. The van der Waals surface area contributed by atoms with Crippen LogP contribution in [0.1, 0.15) is 68.4 Å². The summed E-state index contributed by atoms with van der Waals surface area (Å²) in [5.74, 6) is 0.415. The van der Waals surface area contributed by atoms with E-state index in [2.05, 4.69) is 19.8 Å². The van der Waals surface area contributed by atoms with E-state index in [0.717, 1.165) is 56.3 Å². The van der Waals surface area contributed by atoms with Crippen molar-refractivity contribution in [1.82, 2.24) is 19.9 Å². The van der Waals surface area contributed by atoms with E-state index in [4.69, 9.17) is 14.5 Å². The highest BCUT2D eigenvalue weighted by Gasteiger charge is 2.56. The highest BCUT2D eigenvalue weighted by molar-refractivity contribution is 5.92. The summed E-state index contributed by atoms with van der Waals surface area (Å²) in [7, 11) is 0. The molecule has 0 amide bonds. The van der Waals surface area contributed by atoms with Crippen LogP contribution in [0, 0.1) is 24.1 Å². The second-order valence-electron chi connectivity index (χ2n) is 15.3. The molecule has 2 aliphatic carbocycles. The maximum Gasteiger partial charge on any atom is 0.319 e. The van der Waals surface area contributed by atoms with Gasteiger partial charge in [0.25, 0.3) is 0 Å². The molecule has 0 radical (unpaired) electrons. The molecule has 4 atom stereocenters. The number of pyridine rings is 1. The van der Waals surface area contributed by atoms with E-state index >= 15 is 4.39 Å². The second-order valence-corrected chi connectivity index (χ2v) is 15.3. The summed E-state index contributed by atoms with van der Waals surface area (Å²) in [6.45, 7) is 5.67. The number of piperidine rings is 1. The smallest absolute Gasteiger partial charge is 0.319 e. The number of phenols is 1. The minimum absolute atomic E-state index is 0.0491. The van der Waals surface area contributed by atoms with Gasteiger partial charge in [-0.2, -0.15) is 9.97 Å². The third kappa shape index (κ3) is 4.59. The number of ether oxygens (including phenoxy) is 2. The maximum atomic E-state index is 16.9. The van der Waals surface area contributed by atoms with Crippen molar-refractivity contribution >= 4 is 16.7 Å². The topological polar surface area (TPSA) is 104 Å². The Morgan fingerprint density at radius 3 is 2.87 bits per heavy atom. The van der Waals surface area contributed by atoms with E-state index < -0.39 is 23.1 Å². The fraction of sp³-hybridized carbons (Fsp3) is 0.629. The molecule has 9 nitrogen and oxygen atoms in total. The predicted molar refractivity (Wildman–Crippen MR) is 167 cm³/mol. The minimum Gasteiger partial charge on any atom is -0.508 e. The number of halogens is 2. The number of hydrogen-bond acceptors (Lipinski definition) is 9. The molecule has 8 aliphatic rings. The lowest BCUT2D eigenvalue weighted by atomic mass is 9.56. The number of benzene rings is 1. The molecule has 0 unspecified atom stereocenters. The van der Waals surface area contributed by atoms with Crippen LogP contribution >= 0.6 is 0 Å². The Balaban J connectivity index is 1.18. The Morgan fingerprint density at radius 2 is 2.00 bits per heavy atom. The Kier molecular flexibility index (Phi) is 6.42. The van der Waals surface area contributed by atoms with Crippen molar-refractivity contribution in [3.63, 3.8) is 0 Å². The van der Waals surface area contributed by atoms with Crippen molar-refractivity contribution in [3.05, 3.63) is 35.3 Å². The molecule has 7 bridgehead atoms. The Hall–Kier alpha value is -3.15. The highest BCUT2D eigenvalue weighted by atomic mass is 19.1. The van der Waals surface area contributed by atoms with Crippen molar-refractivity contribution in [3.8, 4) is 23.0 Å². The lowest BCUT2D eigenvalue weighted by Crippen LogP contribution is -2.60. The van der Waals surface area contributed by atoms with Gasteiger partial charge in [0.15, 0.2) is 5.82 Å². The van der Waals surface area contributed by atoms with Crippen LogP contribution in [0.25, 0.3) is 22.2 Å². The van der Waals surface area contributed by atoms with E-state index in [9.17, 15) is 14.6 Å². The summed E-state index contributed by atoms with van der Waals surface area (Å²) >= 11 is 0. The SMILES string of the molecule is Cc1cc(O)cc2c1[C@H]1C[C@H]1COCC1(O)CC3(CCCN(C3)c3nc(OC[C@@]45CCCN4C[C@H](F)C5)nc4c(F)c-2ncc34)C1. The number of aromatic hydroxyl groups is 1. The van der Waals surface area contributed by atoms with E-state index in [1.54, 1.807) is 18.3 Å². The van der Waals surface area contributed by atoms with Crippen molar-refractivity contribution in [2.24, 2.45) is 11.3 Å². The number of phenolic OH excluding ortho intramolecular Hbond substituents is 1. The van der Waals surface area contributed by atoms with Crippen molar-refractivity contribution in [1.29, 1.82) is 0 Å². The molecular weight excluding hydrogens is 592 g/mol. The zero-order valence-electron chi connectivity index (χ0n) is 26.3. The number of hydrogen-bond donors (Lipinski definition) is 2. The van der Waals surface area contributed by atoms with Crippen LogP contribution in [0.4, 0.5) is 14.6 Å². The van der Waals surface area contributed by atoms with Crippen LogP contribution in [-0.2, 0) is 4.74 Å². The van der Waals surface area contributed by atoms with Gasteiger partial charge in [0, 0.05) is 37.8 Å². The number of rotatable bonds is 3. The van der Waals surface area contributed by atoms with Crippen LogP contribution in [0.15, 0.2) is 18.3 Å². The number of aryl methyl sites for hydroxylation is 1. The molecule has 2 aromatic heterocycles. The lowest BCUT2D eigenvalue weighted by molar-refractivity contribution is -0.168. The summed E-state index contributed by atoms with van der Waals surface area (Å²) in [6, 6.07) is 3.38. The number of anilines is 1.